The van der Waals surface area contributed by atoms with Crippen molar-refractivity contribution in [2.75, 3.05) is 6.54 Å². The number of aryl methyl sites for hydroxylation is 2. The van der Waals surface area contributed by atoms with E-state index in [-0.39, 0.29) is 5.91 Å². The maximum absolute atomic E-state index is 12.3. The summed E-state index contributed by atoms with van der Waals surface area (Å²) >= 11 is 6.26. The van der Waals surface area contributed by atoms with Crippen LogP contribution in [0.3, 0.4) is 0 Å². The van der Waals surface area contributed by atoms with Crippen molar-refractivity contribution < 1.29 is 4.79 Å². The SMILES string of the molecule is Cc1nn(C)c(Cl)c1CN1CCC(C(C)C)CCC1=O. The first-order chi connectivity index (χ1) is 9.40. The number of halogens is 1. The Labute approximate surface area is 126 Å². The van der Waals surface area contributed by atoms with Crippen molar-refractivity contribution >= 4 is 17.5 Å². The van der Waals surface area contributed by atoms with Crippen LogP contribution in [0.1, 0.15) is 44.4 Å². The molecule has 1 aromatic rings. The lowest BCUT2D eigenvalue weighted by molar-refractivity contribution is -0.131. The molecule has 0 bridgehead atoms. The summed E-state index contributed by atoms with van der Waals surface area (Å²) in [5.41, 5.74) is 1.89. The van der Waals surface area contributed by atoms with Crippen LogP contribution in [0, 0.1) is 18.8 Å². The summed E-state index contributed by atoms with van der Waals surface area (Å²) < 4.78 is 1.67. The summed E-state index contributed by atoms with van der Waals surface area (Å²) in [4.78, 5) is 14.2. The maximum Gasteiger partial charge on any atom is 0.222 e. The van der Waals surface area contributed by atoms with Gasteiger partial charge in [-0.3, -0.25) is 9.48 Å². The van der Waals surface area contributed by atoms with Gasteiger partial charge in [-0.25, -0.2) is 0 Å². The normalized spacial score (nSPS) is 20.6. The first kappa shape index (κ1) is 15.4. The van der Waals surface area contributed by atoms with E-state index >= 15 is 0 Å². The molecule has 1 unspecified atom stereocenters. The molecule has 112 valence electrons. The van der Waals surface area contributed by atoms with Gasteiger partial charge in [0.25, 0.3) is 0 Å². The molecule has 1 amide bonds. The number of likely N-dealkylation sites (tertiary alicyclic amines) is 1. The van der Waals surface area contributed by atoms with Crippen LogP contribution >= 0.6 is 11.6 Å². The van der Waals surface area contributed by atoms with Crippen LogP contribution in [0.15, 0.2) is 0 Å². The van der Waals surface area contributed by atoms with Crippen molar-refractivity contribution in [3.05, 3.63) is 16.4 Å². The highest BCUT2D eigenvalue weighted by molar-refractivity contribution is 6.30. The Hall–Kier alpha value is -1.03. The second-order valence-corrected chi connectivity index (χ2v) is 6.48. The second kappa shape index (κ2) is 6.17. The average molecular weight is 298 g/mol. The molecule has 1 aliphatic rings. The monoisotopic (exact) mass is 297 g/mol. The summed E-state index contributed by atoms with van der Waals surface area (Å²) in [7, 11) is 1.83. The van der Waals surface area contributed by atoms with Gasteiger partial charge in [0.2, 0.25) is 5.91 Å². The Morgan fingerprint density at radius 2 is 2.10 bits per heavy atom. The minimum Gasteiger partial charge on any atom is -0.338 e. The molecule has 2 heterocycles. The van der Waals surface area contributed by atoms with Crippen molar-refractivity contribution in [3.8, 4) is 0 Å². The lowest BCUT2D eigenvalue weighted by Gasteiger charge is -2.21. The maximum atomic E-state index is 12.3. The number of amides is 1. The predicted molar refractivity (Wildman–Crippen MR) is 80.6 cm³/mol. The van der Waals surface area contributed by atoms with Crippen LogP contribution in [0.2, 0.25) is 5.15 Å². The molecule has 4 nitrogen and oxygen atoms in total. The molecule has 20 heavy (non-hydrogen) atoms. The average Bonchev–Trinajstić information content (AvgIpc) is 2.54. The Morgan fingerprint density at radius 3 is 2.65 bits per heavy atom. The first-order valence-corrected chi connectivity index (χ1v) is 7.73. The fourth-order valence-corrected chi connectivity index (χ4v) is 3.17. The molecule has 1 atom stereocenters. The molecule has 0 radical (unpaired) electrons. The molecular weight excluding hydrogens is 274 g/mol. The number of carbonyl (C=O) groups is 1. The molecule has 0 aromatic carbocycles. The van der Waals surface area contributed by atoms with Crippen LogP contribution in [0.5, 0.6) is 0 Å². The number of aromatic nitrogens is 2. The van der Waals surface area contributed by atoms with Crippen molar-refractivity contribution in [2.24, 2.45) is 18.9 Å². The van der Waals surface area contributed by atoms with E-state index in [1.807, 2.05) is 18.9 Å². The molecule has 1 aromatic heterocycles. The molecule has 0 saturated carbocycles. The molecule has 2 rings (SSSR count). The zero-order chi connectivity index (χ0) is 14.9. The smallest absolute Gasteiger partial charge is 0.222 e. The van der Waals surface area contributed by atoms with Gasteiger partial charge in [-0.15, -0.1) is 0 Å². The van der Waals surface area contributed by atoms with Gasteiger partial charge in [0.15, 0.2) is 0 Å². The summed E-state index contributed by atoms with van der Waals surface area (Å²) in [5, 5.41) is 4.95. The van der Waals surface area contributed by atoms with Crippen molar-refractivity contribution in [1.82, 2.24) is 14.7 Å². The highest BCUT2D eigenvalue weighted by Crippen LogP contribution is 2.27. The second-order valence-electron chi connectivity index (χ2n) is 6.13. The molecule has 0 aliphatic carbocycles. The predicted octanol–water partition coefficient (Wildman–Crippen LogP) is 3.17. The number of hydrogen-bond acceptors (Lipinski definition) is 2. The van der Waals surface area contributed by atoms with Gasteiger partial charge in [-0.2, -0.15) is 5.10 Å². The summed E-state index contributed by atoms with van der Waals surface area (Å²) in [5.74, 6) is 1.54. The lowest BCUT2D eigenvalue weighted by atomic mass is 9.89. The molecule has 5 heteroatoms. The van der Waals surface area contributed by atoms with Crippen LogP contribution < -0.4 is 0 Å². The quantitative estimate of drug-likeness (QED) is 0.859. The molecule has 1 fully saturated rings. The Kier molecular flexibility index (Phi) is 4.74. The van der Waals surface area contributed by atoms with Crippen LogP contribution in [0.4, 0.5) is 0 Å². The third-order valence-electron chi connectivity index (χ3n) is 4.41. The van der Waals surface area contributed by atoms with E-state index in [1.165, 1.54) is 0 Å². The number of rotatable bonds is 3. The lowest BCUT2D eigenvalue weighted by Crippen LogP contribution is -2.30. The van der Waals surface area contributed by atoms with Crippen LogP contribution in [-0.2, 0) is 18.4 Å². The van der Waals surface area contributed by atoms with Crippen molar-refractivity contribution in [3.63, 3.8) is 0 Å². The highest BCUT2D eigenvalue weighted by atomic mass is 35.5. The Bertz CT molecular complexity index is 496. The number of carbonyl (C=O) groups excluding carboxylic acids is 1. The van der Waals surface area contributed by atoms with Gasteiger partial charge < -0.3 is 4.90 Å². The fourth-order valence-electron chi connectivity index (χ4n) is 2.94. The molecular formula is C15H24ClN3O. The number of nitrogens with zero attached hydrogens (tertiary/aromatic N) is 3. The molecule has 0 N–H and O–H groups in total. The summed E-state index contributed by atoms with van der Waals surface area (Å²) in [6.07, 6.45) is 2.74. The van der Waals surface area contributed by atoms with E-state index < -0.39 is 0 Å². The minimum atomic E-state index is 0.243. The van der Waals surface area contributed by atoms with E-state index in [2.05, 4.69) is 18.9 Å². The standard InChI is InChI=1S/C15H24ClN3O/c1-10(2)12-5-6-14(20)19(8-7-12)9-13-11(3)17-18(4)15(13)16/h10,12H,5-9H2,1-4H3. The minimum absolute atomic E-state index is 0.243. The van der Waals surface area contributed by atoms with Gasteiger partial charge in [0, 0.05) is 25.6 Å². The van der Waals surface area contributed by atoms with Gasteiger partial charge >= 0.3 is 0 Å². The van der Waals surface area contributed by atoms with Gasteiger partial charge in [-0.1, -0.05) is 25.4 Å². The van der Waals surface area contributed by atoms with E-state index in [4.69, 9.17) is 11.6 Å². The van der Waals surface area contributed by atoms with E-state index in [1.54, 1.807) is 4.68 Å². The van der Waals surface area contributed by atoms with Crippen molar-refractivity contribution in [2.45, 2.75) is 46.6 Å². The van der Waals surface area contributed by atoms with E-state index in [0.717, 1.165) is 30.6 Å². The fraction of sp³-hybridized carbons (Fsp3) is 0.733. The Morgan fingerprint density at radius 1 is 1.40 bits per heavy atom. The zero-order valence-electron chi connectivity index (χ0n) is 12.8. The largest absolute Gasteiger partial charge is 0.338 e. The topological polar surface area (TPSA) is 38.1 Å². The zero-order valence-corrected chi connectivity index (χ0v) is 13.6. The molecule has 1 aliphatic heterocycles. The van der Waals surface area contributed by atoms with Crippen molar-refractivity contribution in [1.29, 1.82) is 0 Å². The van der Waals surface area contributed by atoms with Crippen LogP contribution in [-0.4, -0.2) is 27.1 Å². The third-order valence-corrected chi connectivity index (χ3v) is 4.89. The van der Waals surface area contributed by atoms with Gasteiger partial charge in [-0.05, 0) is 31.6 Å². The first-order valence-electron chi connectivity index (χ1n) is 7.36. The van der Waals surface area contributed by atoms with Gasteiger partial charge in [0.05, 0.1) is 12.2 Å². The molecule has 0 spiro atoms. The highest BCUT2D eigenvalue weighted by Gasteiger charge is 2.25. The summed E-state index contributed by atoms with van der Waals surface area (Å²) in [6, 6.07) is 0. The number of hydrogen-bond donors (Lipinski definition) is 0. The Balaban J connectivity index is 2.10. The summed E-state index contributed by atoms with van der Waals surface area (Å²) in [6.45, 7) is 7.84. The van der Waals surface area contributed by atoms with Gasteiger partial charge in [0.1, 0.15) is 5.15 Å². The van der Waals surface area contributed by atoms with E-state index in [0.29, 0.717) is 30.0 Å². The van der Waals surface area contributed by atoms with E-state index in [9.17, 15) is 4.79 Å². The third kappa shape index (κ3) is 3.17. The molecule has 1 saturated heterocycles. The van der Waals surface area contributed by atoms with Crippen LogP contribution in [0.25, 0.3) is 0 Å².